The van der Waals surface area contributed by atoms with Gasteiger partial charge in [0, 0.05) is 12.5 Å². The molecule has 8 nitrogen and oxygen atoms in total. The van der Waals surface area contributed by atoms with Gasteiger partial charge in [0.1, 0.15) is 11.5 Å². The van der Waals surface area contributed by atoms with Crippen molar-refractivity contribution in [3.05, 3.63) is 48.0 Å². The van der Waals surface area contributed by atoms with Gasteiger partial charge in [0.2, 0.25) is 0 Å². The average molecular weight is 662 g/mol. The van der Waals surface area contributed by atoms with Gasteiger partial charge in [-0.3, -0.25) is 9.59 Å². The highest BCUT2D eigenvalue weighted by Crippen LogP contribution is 2.54. The number of rotatable bonds is 18. The normalized spacial score (nSPS) is 12.3. The highest BCUT2D eigenvalue weighted by Gasteiger charge is 2.81. The Morgan fingerprint density at radius 3 is 1.91 bits per heavy atom. The first-order valence-electron chi connectivity index (χ1n) is 13.1. The van der Waals surface area contributed by atoms with Crippen LogP contribution in [0.3, 0.4) is 0 Å². The third-order valence-electron chi connectivity index (χ3n) is 6.01. The summed E-state index contributed by atoms with van der Waals surface area (Å²) in [7, 11) is 1.08. The molecule has 0 saturated heterocycles. The quantitative estimate of drug-likeness (QED) is 0.0545. The molecule has 0 N–H and O–H groups in total. The number of carbonyl (C=O) groups excluding carboxylic acids is 3. The van der Waals surface area contributed by atoms with Crippen LogP contribution in [0.4, 0.5) is 39.5 Å². The van der Waals surface area contributed by atoms with Crippen molar-refractivity contribution in [2.24, 2.45) is 0 Å². The molecule has 0 aromatic heterocycles. The predicted octanol–water partition coefficient (Wildman–Crippen LogP) is 7.18. The number of hydrogen-bond acceptors (Lipinski definition) is 8. The van der Waals surface area contributed by atoms with Gasteiger partial charge in [0.15, 0.2) is 11.5 Å². The van der Waals surface area contributed by atoms with E-state index in [1.54, 1.807) is 0 Å². The van der Waals surface area contributed by atoms with Crippen LogP contribution in [-0.4, -0.2) is 62.7 Å². The molecule has 45 heavy (non-hydrogen) atoms. The van der Waals surface area contributed by atoms with Crippen LogP contribution in [0.25, 0.3) is 0 Å². The van der Waals surface area contributed by atoms with Gasteiger partial charge in [-0.15, -0.1) is 0 Å². The Labute approximate surface area is 250 Å². The van der Waals surface area contributed by atoms with Crippen LogP contribution in [-0.2, 0) is 14.3 Å². The first-order chi connectivity index (χ1) is 21.0. The van der Waals surface area contributed by atoms with Crippen molar-refractivity contribution in [1.29, 1.82) is 0 Å². The van der Waals surface area contributed by atoms with Crippen molar-refractivity contribution in [2.45, 2.75) is 62.5 Å². The maximum Gasteiger partial charge on any atom is 0.460 e. The second kappa shape index (κ2) is 15.7. The molecule has 0 amide bonds. The van der Waals surface area contributed by atoms with E-state index in [9.17, 15) is 53.9 Å². The molecule has 0 aliphatic carbocycles. The summed E-state index contributed by atoms with van der Waals surface area (Å²) in [5.74, 6) is -23.1. The number of alkyl halides is 9. The number of benzene rings is 2. The monoisotopic (exact) mass is 662 g/mol. The van der Waals surface area contributed by atoms with Crippen molar-refractivity contribution >= 4 is 18.4 Å². The van der Waals surface area contributed by atoms with Crippen molar-refractivity contribution in [3.8, 4) is 23.0 Å². The van der Waals surface area contributed by atoms with E-state index in [1.165, 1.54) is 30.3 Å². The molecular formula is C28H27F9O8. The van der Waals surface area contributed by atoms with Crippen LogP contribution < -0.4 is 18.9 Å². The Kier molecular flexibility index (Phi) is 12.9. The van der Waals surface area contributed by atoms with E-state index >= 15 is 0 Å². The van der Waals surface area contributed by atoms with Crippen LogP contribution in [0.2, 0.25) is 0 Å². The zero-order chi connectivity index (χ0) is 33.9. The van der Waals surface area contributed by atoms with Gasteiger partial charge in [0.25, 0.3) is 6.47 Å². The Morgan fingerprint density at radius 1 is 0.733 bits per heavy atom. The standard InChI is InChI=1S/C28H27F9O8/c1-41-21-11-10-20(44-24(40)18-6-8-19(9-7-18)43-15-5-3-2-4-14-42-17-38)16-22(21)45-23(39)12-13-25(29,30)26(31,32)27(33,34)28(35,36)37/h6-11,16-17H,2-5,12-15H2,1H3. The second-order valence-corrected chi connectivity index (χ2v) is 9.28. The van der Waals surface area contributed by atoms with Crippen LogP contribution >= 0.6 is 0 Å². The van der Waals surface area contributed by atoms with E-state index in [0.29, 0.717) is 25.4 Å². The molecule has 0 aliphatic rings. The zero-order valence-electron chi connectivity index (χ0n) is 23.4. The first kappa shape index (κ1) is 37.0. The predicted molar refractivity (Wildman–Crippen MR) is 136 cm³/mol. The van der Waals surface area contributed by atoms with Crippen molar-refractivity contribution < 1.29 is 77.6 Å². The third-order valence-corrected chi connectivity index (χ3v) is 6.01. The van der Waals surface area contributed by atoms with Gasteiger partial charge in [-0.1, -0.05) is 0 Å². The molecule has 0 radical (unpaired) electrons. The number of ether oxygens (including phenoxy) is 5. The smallest absolute Gasteiger partial charge is 0.460 e. The van der Waals surface area contributed by atoms with Gasteiger partial charge in [0.05, 0.1) is 32.3 Å². The Morgan fingerprint density at radius 2 is 1.33 bits per heavy atom. The summed E-state index contributed by atoms with van der Waals surface area (Å²) < 4.78 is 142. The van der Waals surface area contributed by atoms with Crippen molar-refractivity contribution in [1.82, 2.24) is 0 Å². The average Bonchev–Trinajstić information content (AvgIpc) is 2.97. The molecular weight excluding hydrogens is 635 g/mol. The number of carbonyl (C=O) groups is 3. The largest absolute Gasteiger partial charge is 0.494 e. The molecule has 0 bridgehead atoms. The van der Waals surface area contributed by atoms with E-state index in [0.717, 1.165) is 44.9 Å². The maximum atomic E-state index is 13.8. The third kappa shape index (κ3) is 9.91. The highest BCUT2D eigenvalue weighted by atomic mass is 19.4. The number of hydrogen-bond donors (Lipinski definition) is 0. The van der Waals surface area contributed by atoms with Crippen LogP contribution in [0.5, 0.6) is 23.0 Å². The molecule has 0 atom stereocenters. The first-order valence-corrected chi connectivity index (χ1v) is 13.1. The number of halogens is 9. The lowest BCUT2D eigenvalue weighted by molar-refractivity contribution is -0.396. The lowest BCUT2D eigenvalue weighted by atomic mass is 10.00. The SMILES string of the molecule is COc1ccc(OC(=O)c2ccc(OCCCCCCOC=O)cc2)cc1OC(=O)CCC(F)(F)C(F)(F)C(F)(F)C(F)(F)F. The molecule has 250 valence electrons. The summed E-state index contributed by atoms with van der Waals surface area (Å²) >= 11 is 0. The van der Waals surface area contributed by atoms with Crippen molar-refractivity contribution in [2.75, 3.05) is 20.3 Å². The van der Waals surface area contributed by atoms with Gasteiger partial charge in [-0.2, -0.15) is 39.5 Å². The lowest BCUT2D eigenvalue weighted by Crippen LogP contribution is -2.60. The van der Waals surface area contributed by atoms with Gasteiger partial charge in [-0.25, -0.2) is 4.79 Å². The van der Waals surface area contributed by atoms with Gasteiger partial charge >= 0.3 is 35.9 Å². The van der Waals surface area contributed by atoms with E-state index in [1.807, 2.05) is 0 Å². The Balaban J connectivity index is 1.97. The summed E-state index contributed by atoms with van der Waals surface area (Å²) in [6.07, 6.45) is -7.96. The van der Waals surface area contributed by atoms with Crippen LogP contribution in [0.1, 0.15) is 48.9 Å². The Bertz CT molecular complexity index is 1280. The Hall–Kier alpha value is -4.18. The fraction of sp³-hybridized carbons (Fsp3) is 0.464. The topological polar surface area (TPSA) is 97.4 Å². The molecule has 0 heterocycles. The van der Waals surface area contributed by atoms with E-state index in [2.05, 4.69) is 4.74 Å². The highest BCUT2D eigenvalue weighted by molar-refractivity contribution is 5.91. The van der Waals surface area contributed by atoms with E-state index < -0.39 is 54.5 Å². The molecule has 0 unspecified atom stereocenters. The summed E-state index contributed by atoms with van der Waals surface area (Å²) in [5.41, 5.74) is 0.0608. The number of unbranched alkanes of at least 4 members (excludes halogenated alkanes) is 3. The molecule has 0 fully saturated rings. The molecule has 17 heteroatoms. The van der Waals surface area contributed by atoms with Gasteiger partial charge in [-0.05, 0) is 62.1 Å². The number of methoxy groups -OCH3 is 1. The molecule has 0 saturated carbocycles. The van der Waals surface area contributed by atoms with E-state index in [4.69, 9.17) is 18.9 Å². The van der Waals surface area contributed by atoms with Crippen LogP contribution in [0, 0.1) is 0 Å². The lowest BCUT2D eigenvalue weighted by Gasteiger charge is -2.33. The second-order valence-electron chi connectivity index (χ2n) is 9.28. The summed E-state index contributed by atoms with van der Waals surface area (Å²) in [5, 5.41) is 0. The molecule has 2 rings (SSSR count). The van der Waals surface area contributed by atoms with Crippen molar-refractivity contribution in [3.63, 3.8) is 0 Å². The zero-order valence-corrected chi connectivity index (χ0v) is 23.4. The van der Waals surface area contributed by atoms with Crippen LogP contribution in [0.15, 0.2) is 42.5 Å². The summed E-state index contributed by atoms with van der Waals surface area (Å²) in [6, 6.07) is 8.96. The van der Waals surface area contributed by atoms with Gasteiger partial charge < -0.3 is 23.7 Å². The number of esters is 2. The minimum atomic E-state index is -7.09. The molecule has 2 aromatic rings. The summed E-state index contributed by atoms with van der Waals surface area (Å²) in [4.78, 5) is 34.7. The minimum absolute atomic E-state index is 0.0608. The summed E-state index contributed by atoms with van der Waals surface area (Å²) in [6.45, 7) is 1.12. The fourth-order valence-electron chi connectivity index (χ4n) is 3.53. The molecule has 0 spiro atoms. The molecule has 2 aromatic carbocycles. The minimum Gasteiger partial charge on any atom is -0.494 e. The fourth-order valence-corrected chi connectivity index (χ4v) is 3.53. The maximum absolute atomic E-state index is 13.8. The molecule has 0 aliphatic heterocycles. The van der Waals surface area contributed by atoms with E-state index in [-0.39, 0.29) is 17.1 Å².